The zero-order valence-corrected chi connectivity index (χ0v) is 11.1. The molecule has 0 spiro atoms. The van der Waals surface area contributed by atoms with E-state index in [2.05, 4.69) is 4.98 Å². The van der Waals surface area contributed by atoms with Gasteiger partial charge >= 0.3 is 0 Å². The maximum Gasteiger partial charge on any atom is 0.264 e. The maximum absolute atomic E-state index is 10.6. The fourth-order valence-corrected chi connectivity index (χ4v) is 2.03. The SMILES string of the molecule is CCc1cnc(C)c(CCCS(=O)(=O)O)c1.N. The molecule has 0 saturated heterocycles. The highest BCUT2D eigenvalue weighted by Gasteiger charge is 2.06. The minimum atomic E-state index is -3.84. The van der Waals surface area contributed by atoms with Gasteiger partial charge in [0.2, 0.25) is 0 Å². The number of nitrogens with zero attached hydrogens (tertiary/aromatic N) is 1. The zero-order chi connectivity index (χ0) is 12.2. The first-order chi connectivity index (χ1) is 7.42. The minimum Gasteiger partial charge on any atom is -0.344 e. The molecule has 1 aromatic rings. The molecule has 0 radical (unpaired) electrons. The van der Waals surface area contributed by atoms with E-state index in [-0.39, 0.29) is 11.9 Å². The molecule has 0 aliphatic rings. The first-order valence-corrected chi connectivity index (χ1v) is 6.93. The maximum atomic E-state index is 10.6. The van der Waals surface area contributed by atoms with Crippen molar-refractivity contribution in [3.05, 3.63) is 29.1 Å². The van der Waals surface area contributed by atoms with E-state index in [1.54, 1.807) is 0 Å². The predicted octanol–water partition coefficient (Wildman–Crippen LogP) is 1.93. The Balaban J connectivity index is 0.00000256. The third-order valence-electron chi connectivity index (χ3n) is 2.51. The van der Waals surface area contributed by atoms with E-state index in [0.29, 0.717) is 12.8 Å². The quantitative estimate of drug-likeness (QED) is 0.787. The molecule has 98 valence electrons. The molecule has 0 aliphatic heterocycles. The number of aromatic nitrogens is 1. The fraction of sp³-hybridized carbons (Fsp3) is 0.545. The van der Waals surface area contributed by atoms with Gasteiger partial charge in [0.05, 0.1) is 5.75 Å². The Morgan fingerprint density at radius 3 is 2.59 bits per heavy atom. The lowest BCUT2D eigenvalue weighted by Gasteiger charge is -2.06. The molecule has 0 aromatic carbocycles. The van der Waals surface area contributed by atoms with Crippen LogP contribution < -0.4 is 6.15 Å². The third-order valence-corrected chi connectivity index (χ3v) is 3.31. The van der Waals surface area contributed by atoms with Gasteiger partial charge in [0.1, 0.15) is 0 Å². The Bertz CT molecular complexity index is 458. The van der Waals surface area contributed by atoms with E-state index < -0.39 is 10.1 Å². The lowest BCUT2D eigenvalue weighted by molar-refractivity contribution is 0.481. The Hall–Kier alpha value is -0.980. The summed E-state index contributed by atoms with van der Waals surface area (Å²) in [7, 11) is -3.84. The van der Waals surface area contributed by atoms with Crippen molar-refractivity contribution < 1.29 is 13.0 Å². The number of pyridine rings is 1. The summed E-state index contributed by atoms with van der Waals surface area (Å²) in [5.41, 5.74) is 3.13. The van der Waals surface area contributed by atoms with Crippen LogP contribution in [0, 0.1) is 6.92 Å². The second kappa shape index (κ2) is 6.68. The Kier molecular flexibility index (Phi) is 6.30. The van der Waals surface area contributed by atoms with Crippen LogP contribution in [0.5, 0.6) is 0 Å². The summed E-state index contributed by atoms with van der Waals surface area (Å²) >= 11 is 0. The predicted molar refractivity (Wildman–Crippen MR) is 68.1 cm³/mol. The Morgan fingerprint density at radius 1 is 1.41 bits per heavy atom. The molecule has 0 atom stereocenters. The molecule has 0 amide bonds. The molecular formula is C11H20N2O3S. The molecule has 4 N–H and O–H groups in total. The number of hydrogen-bond acceptors (Lipinski definition) is 4. The molecule has 0 aliphatic carbocycles. The summed E-state index contributed by atoms with van der Waals surface area (Å²) in [6.45, 7) is 3.95. The molecule has 1 rings (SSSR count). The number of hydrogen-bond donors (Lipinski definition) is 2. The second-order valence-corrected chi connectivity index (χ2v) is 5.40. The lowest BCUT2D eigenvalue weighted by Crippen LogP contribution is -2.06. The molecular weight excluding hydrogens is 240 g/mol. The average Bonchev–Trinajstić information content (AvgIpc) is 2.19. The molecule has 0 saturated carbocycles. The molecule has 5 nitrogen and oxygen atoms in total. The molecule has 1 heterocycles. The van der Waals surface area contributed by atoms with Gasteiger partial charge in [0.15, 0.2) is 0 Å². The topological polar surface area (TPSA) is 102 Å². The zero-order valence-electron chi connectivity index (χ0n) is 10.3. The molecule has 1 aromatic heterocycles. The van der Waals surface area contributed by atoms with Crippen LogP contribution in [0.15, 0.2) is 12.3 Å². The van der Waals surface area contributed by atoms with E-state index in [0.717, 1.165) is 23.2 Å². The summed E-state index contributed by atoms with van der Waals surface area (Å²) in [6, 6.07) is 2.05. The summed E-state index contributed by atoms with van der Waals surface area (Å²) in [6.07, 6.45) is 3.81. The lowest BCUT2D eigenvalue weighted by atomic mass is 10.1. The Morgan fingerprint density at radius 2 is 2.06 bits per heavy atom. The van der Waals surface area contributed by atoms with E-state index in [1.807, 2.05) is 26.1 Å². The first kappa shape index (κ1) is 16.0. The van der Waals surface area contributed by atoms with Crippen molar-refractivity contribution >= 4 is 10.1 Å². The monoisotopic (exact) mass is 260 g/mol. The third kappa shape index (κ3) is 5.76. The smallest absolute Gasteiger partial charge is 0.264 e. The van der Waals surface area contributed by atoms with Gasteiger partial charge in [-0.05, 0) is 37.3 Å². The second-order valence-electron chi connectivity index (χ2n) is 3.83. The van der Waals surface area contributed by atoms with Crippen LogP contribution in [-0.2, 0) is 23.0 Å². The van der Waals surface area contributed by atoms with Gasteiger partial charge in [0, 0.05) is 11.9 Å². The molecule has 0 bridgehead atoms. The van der Waals surface area contributed by atoms with E-state index in [9.17, 15) is 8.42 Å². The highest BCUT2D eigenvalue weighted by atomic mass is 32.2. The highest BCUT2D eigenvalue weighted by molar-refractivity contribution is 7.85. The molecule has 0 fully saturated rings. The van der Waals surface area contributed by atoms with Gasteiger partial charge in [-0.15, -0.1) is 0 Å². The summed E-state index contributed by atoms with van der Waals surface area (Å²) in [5, 5.41) is 0. The molecule has 0 unspecified atom stereocenters. The van der Waals surface area contributed by atoms with Crippen LogP contribution in [0.25, 0.3) is 0 Å². The van der Waals surface area contributed by atoms with Crippen LogP contribution in [-0.4, -0.2) is 23.7 Å². The van der Waals surface area contributed by atoms with E-state index in [4.69, 9.17) is 4.55 Å². The fourth-order valence-electron chi connectivity index (χ4n) is 1.52. The van der Waals surface area contributed by atoms with E-state index >= 15 is 0 Å². The van der Waals surface area contributed by atoms with Gasteiger partial charge in [-0.3, -0.25) is 9.54 Å². The summed E-state index contributed by atoms with van der Waals surface area (Å²) < 4.78 is 29.8. The normalized spacial score (nSPS) is 11.0. The van der Waals surface area contributed by atoms with Gasteiger partial charge in [0.25, 0.3) is 10.1 Å². The van der Waals surface area contributed by atoms with Crippen molar-refractivity contribution in [2.24, 2.45) is 0 Å². The van der Waals surface area contributed by atoms with Crippen molar-refractivity contribution in [1.82, 2.24) is 11.1 Å². The number of aryl methyl sites for hydroxylation is 3. The minimum absolute atomic E-state index is 0. The first-order valence-electron chi connectivity index (χ1n) is 5.32. The average molecular weight is 260 g/mol. The van der Waals surface area contributed by atoms with Crippen molar-refractivity contribution in [3.8, 4) is 0 Å². The van der Waals surface area contributed by atoms with Gasteiger partial charge in [-0.2, -0.15) is 8.42 Å². The molecule has 6 heteroatoms. The van der Waals surface area contributed by atoms with Gasteiger partial charge in [-0.25, -0.2) is 0 Å². The standard InChI is InChI=1S/C11H17NO3S.H3N/c1-3-10-7-11(9(2)12-8-10)5-4-6-16(13,14)15;/h7-8H,3-6H2,1-2H3,(H,13,14,15);1H3. The van der Waals surface area contributed by atoms with Crippen LogP contribution >= 0.6 is 0 Å². The number of rotatable bonds is 5. The van der Waals surface area contributed by atoms with Crippen LogP contribution in [0.3, 0.4) is 0 Å². The molecule has 17 heavy (non-hydrogen) atoms. The van der Waals surface area contributed by atoms with Crippen molar-refractivity contribution in [3.63, 3.8) is 0 Å². The van der Waals surface area contributed by atoms with Crippen molar-refractivity contribution in [1.29, 1.82) is 0 Å². The summed E-state index contributed by atoms with van der Waals surface area (Å²) in [4.78, 5) is 4.25. The van der Waals surface area contributed by atoms with Crippen LogP contribution in [0.2, 0.25) is 0 Å². The van der Waals surface area contributed by atoms with Crippen LogP contribution in [0.1, 0.15) is 30.2 Å². The highest BCUT2D eigenvalue weighted by Crippen LogP contribution is 2.11. The largest absolute Gasteiger partial charge is 0.344 e. The van der Waals surface area contributed by atoms with Gasteiger partial charge < -0.3 is 6.15 Å². The summed E-state index contributed by atoms with van der Waals surface area (Å²) in [5.74, 6) is -0.192. The van der Waals surface area contributed by atoms with Crippen molar-refractivity contribution in [2.75, 3.05) is 5.75 Å². The Labute approximate surface area is 103 Å². The van der Waals surface area contributed by atoms with E-state index in [1.165, 1.54) is 0 Å². The van der Waals surface area contributed by atoms with Crippen LogP contribution in [0.4, 0.5) is 0 Å². The van der Waals surface area contributed by atoms with Crippen molar-refractivity contribution in [2.45, 2.75) is 33.1 Å². The van der Waals surface area contributed by atoms with Gasteiger partial charge in [-0.1, -0.05) is 13.0 Å².